The zero-order chi connectivity index (χ0) is 28.9. The monoisotopic (exact) mass is 553 g/mol. The van der Waals surface area contributed by atoms with E-state index in [0.29, 0.717) is 6.54 Å². The van der Waals surface area contributed by atoms with Crippen LogP contribution in [0.15, 0.2) is 31.2 Å². The van der Waals surface area contributed by atoms with Crippen molar-refractivity contribution in [3.05, 3.63) is 36.9 Å². The molecule has 2 saturated carbocycles. The number of rotatable bonds is 9. The maximum Gasteiger partial charge on any atom is 0.329 e. The van der Waals surface area contributed by atoms with Gasteiger partial charge in [-0.05, 0) is 48.9 Å². The predicted octanol–water partition coefficient (Wildman–Crippen LogP) is 3.04. The minimum atomic E-state index is -0.895. The van der Waals surface area contributed by atoms with Gasteiger partial charge in [-0.15, -0.1) is 0 Å². The molecule has 1 aromatic rings. The van der Waals surface area contributed by atoms with Gasteiger partial charge in [0.2, 0.25) is 11.8 Å². The van der Waals surface area contributed by atoms with Crippen molar-refractivity contribution < 1.29 is 23.9 Å². The van der Waals surface area contributed by atoms with Gasteiger partial charge in [0.25, 0.3) is 5.91 Å². The van der Waals surface area contributed by atoms with Crippen LogP contribution in [0.4, 0.5) is 0 Å². The molecule has 40 heavy (non-hydrogen) atoms. The highest BCUT2D eigenvalue weighted by molar-refractivity contribution is 5.98. The van der Waals surface area contributed by atoms with Gasteiger partial charge in [-0.1, -0.05) is 59.1 Å². The maximum absolute atomic E-state index is 14.2. The number of nitrogens with zero attached hydrogens (tertiary/aromatic N) is 3. The molecule has 0 aromatic carbocycles. The van der Waals surface area contributed by atoms with Crippen molar-refractivity contribution in [3.63, 3.8) is 0 Å². The lowest BCUT2D eigenvalue weighted by atomic mass is 9.82. The standard InChI is InChI=1S/C30H43N5O5/c1-5-16-40-29(39)24-21-13-9-12-20(21)18-35(24)28(38)25(30(2,3)4)34-27(37)23(19-10-7-6-8-11-19)33-26(36)22-17-31-14-15-32-22/h5,14-15,17,19-21,23-25H,1,6-13,16,18H2,2-4H3,(H,33,36)(H,34,37)/t20?,21?,23-,24?,25+/m0/s1. The number of carbonyl (C=O) groups excluding carboxylic acids is 4. The van der Waals surface area contributed by atoms with Crippen molar-refractivity contribution in [2.24, 2.45) is 23.2 Å². The summed E-state index contributed by atoms with van der Waals surface area (Å²) in [5, 5.41) is 5.90. The molecule has 2 aliphatic carbocycles. The molecule has 1 aromatic heterocycles. The van der Waals surface area contributed by atoms with E-state index < -0.39 is 41.3 Å². The largest absolute Gasteiger partial charge is 0.460 e. The van der Waals surface area contributed by atoms with E-state index in [-0.39, 0.29) is 36.0 Å². The van der Waals surface area contributed by atoms with E-state index in [4.69, 9.17) is 4.74 Å². The molecule has 3 fully saturated rings. The number of hydrogen-bond acceptors (Lipinski definition) is 7. The highest BCUT2D eigenvalue weighted by atomic mass is 16.5. The molecule has 3 amide bonds. The lowest BCUT2D eigenvalue weighted by Crippen LogP contribution is -2.61. The third-order valence-corrected chi connectivity index (χ3v) is 8.64. The smallest absolute Gasteiger partial charge is 0.329 e. The molecule has 218 valence electrons. The van der Waals surface area contributed by atoms with Crippen LogP contribution in [0.3, 0.4) is 0 Å². The van der Waals surface area contributed by atoms with E-state index in [2.05, 4.69) is 27.2 Å². The summed E-state index contributed by atoms with van der Waals surface area (Å²) in [7, 11) is 0. The topological polar surface area (TPSA) is 131 Å². The summed E-state index contributed by atoms with van der Waals surface area (Å²) < 4.78 is 5.42. The number of aromatic nitrogens is 2. The molecule has 3 aliphatic rings. The molecule has 2 heterocycles. The van der Waals surface area contributed by atoms with Gasteiger partial charge in [0.1, 0.15) is 30.4 Å². The van der Waals surface area contributed by atoms with Gasteiger partial charge >= 0.3 is 5.97 Å². The van der Waals surface area contributed by atoms with Gasteiger partial charge in [-0.25, -0.2) is 9.78 Å². The number of likely N-dealkylation sites (tertiary alicyclic amines) is 1. The quantitative estimate of drug-likeness (QED) is 0.355. The van der Waals surface area contributed by atoms with Crippen molar-refractivity contribution in [2.45, 2.75) is 90.3 Å². The van der Waals surface area contributed by atoms with Crippen molar-refractivity contribution in [1.82, 2.24) is 25.5 Å². The first-order chi connectivity index (χ1) is 19.1. The van der Waals surface area contributed by atoms with Gasteiger partial charge < -0.3 is 20.3 Å². The second-order valence-electron chi connectivity index (χ2n) is 12.5. The van der Waals surface area contributed by atoms with Crippen LogP contribution >= 0.6 is 0 Å². The van der Waals surface area contributed by atoms with Crippen molar-refractivity contribution in [3.8, 4) is 0 Å². The minimum Gasteiger partial charge on any atom is -0.460 e. The number of fused-ring (bicyclic) bond motifs is 1. The van der Waals surface area contributed by atoms with Crippen molar-refractivity contribution >= 4 is 23.7 Å². The third kappa shape index (κ3) is 6.70. The fourth-order valence-corrected chi connectivity index (χ4v) is 6.60. The van der Waals surface area contributed by atoms with E-state index in [0.717, 1.165) is 51.4 Å². The van der Waals surface area contributed by atoms with Gasteiger partial charge in [0, 0.05) is 18.9 Å². The van der Waals surface area contributed by atoms with Crippen LogP contribution < -0.4 is 10.6 Å². The first-order valence-corrected chi connectivity index (χ1v) is 14.6. The molecule has 2 N–H and O–H groups in total. The second-order valence-corrected chi connectivity index (χ2v) is 12.5. The van der Waals surface area contributed by atoms with Crippen LogP contribution in [0.2, 0.25) is 0 Å². The summed E-state index contributed by atoms with van der Waals surface area (Å²) in [5.41, 5.74) is -0.518. The lowest BCUT2D eigenvalue weighted by molar-refractivity contribution is -0.155. The number of nitrogens with one attached hydrogen (secondary N) is 2. The van der Waals surface area contributed by atoms with Gasteiger partial charge in [0.05, 0.1) is 6.20 Å². The maximum atomic E-state index is 14.2. The van der Waals surface area contributed by atoms with Crippen LogP contribution in [0.1, 0.15) is 82.6 Å². The molecule has 4 rings (SSSR count). The summed E-state index contributed by atoms with van der Waals surface area (Å²) in [4.78, 5) is 63.9. The summed E-state index contributed by atoms with van der Waals surface area (Å²) in [6.07, 6.45) is 13.3. The number of esters is 1. The highest BCUT2D eigenvalue weighted by Gasteiger charge is 2.52. The summed E-state index contributed by atoms with van der Waals surface area (Å²) in [6.45, 7) is 9.86. The molecule has 0 radical (unpaired) electrons. The Morgan fingerprint density at radius 3 is 2.48 bits per heavy atom. The number of hydrogen-bond donors (Lipinski definition) is 2. The normalized spacial score (nSPS) is 24.5. The zero-order valence-electron chi connectivity index (χ0n) is 23.9. The predicted molar refractivity (Wildman–Crippen MR) is 149 cm³/mol. The van der Waals surface area contributed by atoms with Crippen LogP contribution in [0.25, 0.3) is 0 Å². The van der Waals surface area contributed by atoms with E-state index in [1.54, 1.807) is 4.90 Å². The average Bonchev–Trinajstić information content (AvgIpc) is 3.55. The summed E-state index contributed by atoms with van der Waals surface area (Å²) in [6, 6.07) is -2.39. The molecule has 10 heteroatoms. The van der Waals surface area contributed by atoms with Gasteiger partial charge in [0.15, 0.2) is 0 Å². The Hall–Kier alpha value is -3.30. The molecule has 3 unspecified atom stereocenters. The molecular weight excluding hydrogens is 510 g/mol. The van der Waals surface area contributed by atoms with Crippen LogP contribution in [0, 0.1) is 23.2 Å². The highest BCUT2D eigenvalue weighted by Crippen LogP contribution is 2.43. The van der Waals surface area contributed by atoms with E-state index in [1.165, 1.54) is 24.7 Å². The van der Waals surface area contributed by atoms with E-state index in [1.807, 2.05) is 20.8 Å². The fourth-order valence-electron chi connectivity index (χ4n) is 6.60. The van der Waals surface area contributed by atoms with Crippen LogP contribution in [0.5, 0.6) is 0 Å². The number of carbonyl (C=O) groups is 4. The van der Waals surface area contributed by atoms with Crippen LogP contribution in [-0.2, 0) is 19.1 Å². The average molecular weight is 554 g/mol. The third-order valence-electron chi connectivity index (χ3n) is 8.64. The SMILES string of the molecule is C=CCOC(=O)C1C2CCCC2CN1C(=O)[C@@H](NC(=O)[C@@H](NC(=O)c1cnccn1)C1CCCCC1)C(C)(C)C. The molecule has 0 spiro atoms. The number of ether oxygens (including phenoxy) is 1. The van der Waals surface area contributed by atoms with Crippen LogP contribution in [-0.4, -0.2) is 69.8 Å². The second kappa shape index (κ2) is 12.9. The van der Waals surface area contributed by atoms with Crippen molar-refractivity contribution in [1.29, 1.82) is 0 Å². The van der Waals surface area contributed by atoms with Crippen molar-refractivity contribution in [2.75, 3.05) is 13.2 Å². The molecule has 1 aliphatic heterocycles. The Labute approximate surface area is 236 Å². The summed E-state index contributed by atoms with van der Waals surface area (Å²) in [5.74, 6) is -1.35. The Morgan fingerprint density at radius 1 is 1.07 bits per heavy atom. The number of amides is 3. The Morgan fingerprint density at radius 2 is 1.82 bits per heavy atom. The Bertz CT molecular complexity index is 1080. The molecule has 1 saturated heterocycles. The fraction of sp³-hybridized carbons (Fsp3) is 0.667. The lowest BCUT2D eigenvalue weighted by Gasteiger charge is -2.38. The molecule has 5 atom stereocenters. The zero-order valence-corrected chi connectivity index (χ0v) is 23.9. The molecular formula is C30H43N5O5. The Kier molecular flexibility index (Phi) is 9.58. The summed E-state index contributed by atoms with van der Waals surface area (Å²) >= 11 is 0. The van der Waals surface area contributed by atoms with E-state index in [9.17, 15) is 19.2 Å². The minimum absolute atomic E-state index is 0.0545. The van der Waals surface area contributed by atoms with E-state index >= 15 is 0 Å². The molecule has 10 nitrogen and oxygen atoms in total. The molecule has 0 bridgehead atoms. The first-order valence-electron chi connectivity index (χ1n) is 14.6. The van der Waals surface area contributed by atoms with Gasteiger partial charge in [-0.2, -0.15) is 0 Å². The van der Waals surface area contributed by atoms with Gasteiger partial charge in [-0.3, -0.25) is 19.4 Å². The first kappa shape index (κ1) is 29.7. The Balaban J connectivity index is 1.56.